The molecular formula is C15H26. The predicted molar refractivity (Wildman–Crippen MR) is 66.6 cm³/mol. The van der Waals surface area contributed by atoms with Crippen LogP contribution >= 0.6 is 0 Å². The van der Waals surface area contributed by atoms with Gasteiger partial charge in [-0.15, -0.1) is 0 Å². The fraction of sp³-hybridized carbons (Fsp3) is 0.867. The zero-order valence-electron chi connectivity index (χ0n) is 11.2. The summed E-state index contributed by atoms with van der Waals surface area (Å²) in [5.74, 6) is 3.48. The predicted octanol–water partition coefficient (Wildman–Crippen LogP) is 4.52. The molecule has 0 aromatic rings. The van der Waals surface area contributed by atoms with Crippen molar-refractivity contribution in [3.05, 3.63) is 12.2 Å². The number of allylic oxidation sites excluding steroid dienone is 2. The maximum atomic E-state index is 2.49. The minimum atomic E-state index is 0.460. The van der Waals surface area contributed by atoms with Crippen LogP contribution in [-0.4, -0.2) is 0 Å². The second-order valence-electron chi connectivity index (χ2n) is 7.73. The summed E-state index contributed by atoms with van der Waals surface area (Å²) < 4.78 is 0. The van der Waals surface area contributed by atoms with Crippen molar-refractivity contribution in [3.8, 4) is 0 Å². The van der Waals surface area contributed by atoms with Gasteiger partial charge in [-0.3, -0.25) is 0 Å². The van der Waals surface area contributed by atoms with Gasteiger partial charge in [0.1, 0.15) is 0 Å². The van der Waals surface area contributed by atoms with Crippen LogP contribution in [0, 0.1) is 34.5 Å². The third kappa shape index (κ3) is 1.77. The number of hydrogen-bond acceptors (Lipinski definition) is 0. The van der Waals surface area contributed by atoms with E-state index in [9.17, 15) is 0 Å². The summed E-state index contributed by atoms with van der Waals surface area (Å²) in [4.78, 5) is 0. The first-order valence-corrected chi connectivity index (χ1v) is 6.39. The molecule has 2 bridgehead atoms. The quantitative estimate of drug-likeness (QED) is 0.511. The minimum absolute atomic E-state index is 0.460. The van der Waals surface area contributed by atoms with Crippen molar-refractivity contribution in [2.45, 2.75) is 48.0 Å². The normalized spacial score (nSPS) is 40.1. The van der Waals surface area contributed by atoms with E-state index in [1.165, 1.54) is 6.42 Å². The standard InChI is InChI=1S/C15H26/c1-14(2,3)12-10-7-8-11(9-10)13(12)15(4,5)6/h7-8,10-13H,9H2,1-6H3/t10-,11+,12?,13?. The molecule has 0 aliphatic heterocycles. The average molecular weight is 206 g/mol. The highest BCUT2D eigenvalue weighted by Crippen LogP contribution is 2.59. The first-order chi connectivity index (χ1) is 6.71. The van der Waals surface area contributed by atoms with Crippen molar-refractivity contribution < 1.29 is 0 Å². The first kappa shape index (κ1) is 11.2. The van der Waals surface area contributed by atoms with Crippen molar-refractivity contribution in [1.29, 1.82) is 0 Å². The average Bonchev–Trinajstić information content (AvgIpc) is 2.56. The van der Waals surface area contributed by atoms with E-state index in [1.807, 2.05) is 0 Å². The van der Waals surface area contributed by atoms with E-state index >= 15 is 0 Å². The third-order valence-electron chi connectivity index (χ3n) is 4.46. The lowest BCUT2D eigenvalue weighted by Crippen LogP contribution is -2.38. The molecule has 0 aromatic heterocycles. The molecule has 0 heterocycles. The second kappa shape index (κ2) is 3.12. The van der Waals surface area contributed by atoms with Gasteiger partial charge in [0.15, 0.2) is 0 Å². The van der Waals surface area contributed by atoms with Gasteiger partial charge in [-0.1, -0.05) is 53.7 Å². The van der Waals surface area contributed by atoms with E-state index in [0.717, 1.165) is 23.7 Å². The Bertz CT molecular complexity index is 243. The van der Waals surface area contributed by atoms with Gasteiger partial charge in [-0.2, -0.15) is 0 Å². The molecule has 2 aliphatic carbocycles. The molecule has 1 saturated carbocycles. The fourth-order valence-corrected chi connectivity index (χ4v) is 4.18. The molecule has 1 fully saturated rings. The van der Waals surface area contributed by atoms with Gasteiger partial charge in [0.25, 0.3) is 0 Å². The summed E-state index contributed by atoms with van der Waals surface area (Å²) >= 11 is 0. The Labute approximate surface area is 95.1 Å². The molecule has 2 aliphatic rings. The first-order valence-electron chi connectivity index (χ1n) is 6.39. The topological polar surface area (TPSA) is 0 Å². The van der Waals surface area contributed by atoms with Crippen molar-refractivity contribution in [2.75, 3.05) is 0 Å². The summed E-state index contributed by atoms with van der Waals surface area (Å²) in [5, 5.41) is 0. The summed E-state index contributed by atoms with van der Waals surface area (Å²) in [6.45, 7) is 14.5. The largest absolute Gasteiger partial charge is 0.0848 e. The van der Waals surface area contributed by atoms with Crippen molar-refractivity contribution in [2.24, 2.45) is 34.5 Å². The lowest BCUT2D eigenvalue weighted by molar-refractivity contribution is 0.0622. The summed E-state index contributed by atoms with van der Waals surface area (Å²) in [6, 6.07) is 0. The van der Waals surface area contributed by atoms with Crippen LogP contribution in [0.25, 0.3) is 0 Å². The molecule has 2 rings (SSSR count). The molecular weight excluding hydrogens is 180 g/mol. The highest BCUT2D eigenvalue weighted by molar-refractivity contribution is 5.17. The molecule has 15 heavy (non-hydrogen) atoms. The highest BCUT2D eigenvalue weighted by atomic mass is 14.6. The molecule has 0 heteroatoms. The Balaban J connectivity index is 2.33. The van der Waals surface area contributed by atoms with Crippen molar-refractivity contribution in [1.82, 2.24) is 0 Å². The van der Waals surface area contributed by atoms with Crippen LogP contribution in [0.2, 0.25) is 0 Å². The van der Waals surface area contributed by atoms with Gasteiger partial charge in [-0.05, 0) is 40.9 Å². The van der Waals surface area contributed by atoms with Gasteiger partial charge in [0.05, 0.1) is 0 Å². The summed E-state index contributed by atoms with van der Waals surface area (Å²) in [7, 11) is 0. The molecule has 0 aromatic carbocycles. The van der Waals surface area contributed by atoms with Crippen LogP contribution in [-0.2, 0) is 0 Å². The summed E-state index contributed by atoms with van der Waals surface area (Å²) in [6.07, 6.45) is 6.40. The van der Waals surface area contributed by atoms with Gasteiger partial charge < -0.3 is 0 Å². The Morgan fingerprint density at radius 1 is 0.733 bits per heavy atom. The Morgan fingerprint density at radius 2 is 1.07 bits per heavy atom. The molecule has 0 spiro atoms. The van der Waals surface area contributed by atoms with Crippen LogP contribution < -0.4 is 0 Å². The zero-order chi connectivity index (χ0) is 11.4. The van der Waals surface area contributed by atoms with E-state index in [-0.39, 0.29) is 0 Å². The molecule has 0 radical (unpaired) electrons. The molecule has 0 amide bonds. The van der Waals surface area contributed by atoms with Crippen LogP contribution in [0.15, 0.2) is 12.2 Å². The van der Waals surface area contributed by atoms with Gasteiger partial charge >= 0.3 is 0 Å². The van der Waals surface area contributed by atoms with Crippen LogP contribution in [0.4, 0.5) is 0 Å². The van der Waals surface area contributed by atoms with Gasteiger partial charge in [-0.25, -0.2) is 0 Å². The smallest absolute Gasteiger partial charge is 0.0191 e. The molecule has 0 N–H and O–H groups in total. The Morgan fingerprint density at radius 3 is 1.33 bits per heavy atom. The maximum absolute atomic E-state index is 2.49. The lowest BCUT2D eigenvalue weighted by Gasteiger charge is -2.44. The molecule has 0 nitrogen and oxygen atoms in total. The monoisotopic (exact) mass is 206 g/mol. The van der Waals surface area contributed by atoms with Crippen molar-refractivity contribution >= 4 is 0 Å². The van der Waals surface area contributed by atoms with E-state index in [2.05, 4.69) is 53.7 Å². The van der Waals surface area contributed by atoms with Crippen molar-refractivity contribution in [3.63, 3.8) is 0 Å². The number of fused-ring (bicyclic) bond motifs is 2. The lowest BCUT2D eigenvalue weighted by atomic mass is 9.60. The maximum Gasteiger partial charge on any atom is -0.0191 e. The van der Waals surface area contributed by atoms with E-state index in [0.29, 0.717) is 10.8 Å². The van der Waals surface area contributed by atoms with E-state index in [1.54, 1.807) is 0 Å². The van der Waals surface area contributed by atoms with Gasteiger partial charge in [0, 0.05) is 0 Å². The highest BCUT2D eigenvalue weighted by Gasteiger charge is 2.52. The molecule has 2 unspecified atom stereocenters. The van der Waals surface area contributed by atoms with Crippen LogP contribution in [0.5, 0.6) is 0 Å². The minimum Gasteiger partial charge on any atom is -0.0848 e. The fourth-order valence-electron chi connectivity index (χ4n) is 4.18. The second-order valence-corrected chi connectivity index (χ2v) is 7.73. The SMILES string of the molecule is CC(C)(C)C1C(C(C)(C)C)[C@H]2C=C[C@@H]1C2. The Kier molecular flexibility index (Phi) is 2.34. The zero-order valence-corrected chi connectivity index (χ0v) is 11.2. The molecule has 4 atom stereocenters. The van der Waals surface area contributed by atoms with E-state index < -0.39 is 0 Å². The summed E-state index contributed by atoms with van der Waals surface area (Å²) in [5.41, 5.74) is 0.921. The van der Waals surface area contributed by atoms with Crippen LogP contribution in [0.1, 0.15) is 48.0 Å². The molecule has 0 saturated heterocycles. The number of hydrogen-bond donors (Lipinski definition) is 0. The number of rotatable bonds is 0. The third-order valence-corrected chi connectivity index (χ3v) is 4.46. The Hall–Kier alpha value is -0.260. The van der Waals surface area contributed by atoms with E-state index in [4.69, 9.17) is 0 Å². The van der Waals surface area contributed by atoms with Crippen LogP contribution in [0.3, 0.4) is 0 Å². The van der Waals surface area contributed by atoms with Gasteiger partial charge in [0.2, 0.25) is 0 Å². The molecule has 86 valence electrons.